The largest absolute Gasteiger partial charge is 0.327 e. The van der Waals surface area contributed by atoms with E-state index in [4.69, 9.17) is 5.73 Å². The maximum Gasteiger partial charge on any atom is 0.00793 e. The lowest BCUT2D eigenvalue weighted by Crippen LogP contribution is -2.41. The number of nitrogens with two attached hydrogens (primary N) is 1. The van der Waals surface area contributed by atoms with E-state index in [0.717, 1.165) is 11.2 Å². The predicted molar refractivity (Wildman–Crippen MR) is 77.5 cm³/mol. The Hall–Kier alpha value is 0.270. The second kappa shape index (κ2) is 7.01. The van der Waals surface area contributed by atoms with Crippen molar-refractivity contribution in [3.8, 4) is 0 Å². The minimum atomic E-state index is 0.475. The van der Waals surface area contributed by atoms with Crippen molar-refractivity contribution in [2.45, 2.75) is 56.2 Å². The molecular formula is C14H28N2S. The first-order valence-corrected chi connectivity index (χ1v) is 8.59. The monoisotopic (exact) mass is 256 g/mol. The second-order valence-corrected chi connectivity index (χ2v) is 6.94. The van der Waals surface area contributed by atoms with Crippen LogP contribution < -0.4 is 5.73 Å². The number of rotatable bonds is 3. The fraction of sp³-hybridized carbons (Fsp3) is 1.00. The highest BCUT2D eigenvalue weighted by molar-refractivity contribution is 7.99. The van der Waals surface area contributed by atoms with E-state index in [9.17, 15) is 0 Å². The maximum absolute atomic E-state index is 6.26. The van der Waals surface area contributed by atoms with E-state index in [1.54, 1.807) is 0 Å². The first kappa shape index (κ1) is 13.7. The maximum atomic E-state index is 6.26. The first-order chi connectivity index (χ1) is 8.29. The first-order valence-electron chi connectivity index (χ1n) is 7.30. The van der Waals surface area contributed by atoms with Crippen molar-refractivity contribution in [3.05, 3.63) is 0 Å². The highest BCUT2D eigenvalue weighted by Crippen LogP contribution is 2.26. The van der Waals surface area contributed by atoms with Gasteiger partial charge in [0, 0.05) is 17.8 Å². The van der Waals surface area contributed by atoms with Crippen LogP contribution in [-0.4, -0.2) is 42.1 Å². The molecule has 1 heterocycles. The molecule has 3 atom stereocenters. The number of thioether (sulfide) groups is 1. The summed E-state index contributed by atoms with van der Waals surface area (Å²) in [6, 6.07) is 0.475. The van der Waals surface area contributed by atoms with Gasteiger partial charge in [-0.1, -0.05) is 12.8 Å². The Balaban J connectivity index is 1.77. The molecule has 2 N–H and O–H groups in total. The molecule has 3 heteroatoms. The van der Waals surface area contributed by atoms with Crippen LogP contribution in [0.1, 0.15) is 44.9 Å². The van der Waals surface area contributed by atoms with Crippen LogP contribution in [0.3, 0.4) is 0 Å². The van der Waals surface area contributed by atoms with Gasteiger partial charge in [-0.25, -0.2) is 0 Å². The zero-order valence-corrected chi connectivity index (χ0v) is 12.1. The van der Waals surface area contributed by atoms with Gasteiger partial charge in [0.15, 0.2) is 0 Å². The molecule has 0 radical (unpaired) electrons. The molecule has 1 aliphatic heterocycles. The number of nitrogens with zero attached hydrogens (tertiary/aromatic N) is 1. The minimum Gasteiger partial charge on any atom is -0.327 e. The lowest BCUT2D eigenvalue weighted by atomic mass is 9.84. The molecule has 17 heavy (non-hydrogen) atoms. The summed E-state index contributed by atoms with van der Waals surface area (Å²) in [6.45, 7) is 3.87. The smallest absolute Gasteiger partial charge is 0.00793 e. The standard InChI is InChI=1S/C14H28N2S/c1-17-13-6-4-9-16(10-8-13)11-12-5-2-3-7-14(12)15/h12-14H,2-11,15H2,1H3. The molecule has 2 rings (SSSR count). The van der Waals surface area contributed by atoms with Crippen LogP contribution in [0.2, 0.25) is 0 Å². The average molecular weight is 256 g/mol. The van der Waals surface area contributed by atoms with Gasteiger partial charge < -0.3 is 10.6 Å². The summed E-state index contributed by atoms with van der Waals surface area (Å²) in [5.74, 6) is 0.773. The van der Waals surface area contributed by atoms with Crippen molar-refractivity contribution >= 4 is 11.8 Å². The fourth-order valence-electron chi connectivity index (χ4n) is 3.34. The van der Waals surface area contributed by atoms with Crippen molar-refractivity contribution in [1.82, 2.24) is 4.90 Å². The molecule has 1 aliphatic carbocycles. The summed E-state index contributed by atoms with van der Waals surface area (Å²) in [5, 5.41) is 0.903. The third-order valence-corrected chi connectivity index (χ3v) is 5.70. The number of hydrogen-bond donors (Lipinski definition) is 1. The van der Waals surface area contributed by atoms with Crippen LogP contribution in [0.4, 0.5) is 0 Å². The lowest BCUT2D eigenvalue weighted by Gasteiger charge is -2.33. The van der Waals surface area contributed by atoms with Gasteiger partial charge in [-0.05, 0) is 57.4 Å². The van der Waals surface area contributed by atoms with Gasteiger partial charge in [-0.2, -0.15) is 11.8 Å². The molecule has 100 valence electrons. The Kier molecular flexibility index (Phi) is 5.64. The van der Waals surface area contributed by atoms with E-state index in [0.29, 0.717) is 6.04 Å². The third-order valence-electron chi connectivity index (χ3n) is 4.56. The summed E-state index contributed by atoms with van der Waals surface area (Å²) >= 11 is 2.06. The van der Waals surface area contributed by atoms with E-state index in [1.807, 2.05) is 0 Å². The van der Waals surface area contributed by atoms with Gasteiger partial charge in [-0.15, -0.1) is 0 Å². The van der Waals surface area contributed by atoms with Gasteiger partial charge in [-0.3, -0.25) is 0 Å². The van der Waals surface area contributed by atoms with Crippen molar-refractivity contribution in [2.24, 2.45) is 11.7 Å². The van der Waals surface area contributed by atoms with Crippen molar-refractivity contribution < 1.29 is 0 Å². The Labute approximate surface area is 111 Å². The number of likely N-dealkylation sites (tertiary alicyclic amines) is 1. The molecule has 3 unspecified atom stereocenters. The molecule has 1 saturated heterocycles. The summed E-state index contributed by atoms with van der Waals surface area (Å²) in [4.78, 5) is 2.69. The Morgan fingerprint density at radius 2 is 1.88 bits per heavy atom. The zero-order chi connectivity index (χ0) is 12.1. The van der Waals surface area contributed by atoms with Crippen LogP contribution in [-0.2, 0) is 0 Å². The quantitative estimate of drug-likeness (QED) is 0.842. The summed E-state index contributed by atoms with van der Waals surface area (Å²) in [5.41, 5.74) is 6.26. The third kappa shape index (κ3) is 4.15. The molecule has 0 spiro atoms. The van der Waals surface area contributed by atoms with Crippen molar-refractivity contribution in [3.63, 3.8) is 0 Å². The summed E-state index contributed by atoms with van der Waals surface area (Å²) < 4.78 is 0. The molecule has 2 aliphatic rings. The van der Waals surface area contributed by atoms with E-state index in [-0.39, 0.29) is 0 Å². The van der Waals surface area contributed by atoms with E-state index in [1.165, 1.54) is 64.6 Å². The highest BCUT2D eigenvalue weighted by Gasteiger charge is 2.25. The highest BCUT2D eigenvalue weighted by atomic mass is 32.2. The van der Waals surface area contributed by atoms with Crippen molar-refractivity contribution in [1.29, 1.82) is 0 Å². The van der Waals surface area contributed by atoms with E-state index >= 15 is 0 Å². The molecule has 0 aromatic heterocycles. The van der Waals surface area contributed by atoms with Gasteiger partial charge in [0.05, 0.1) is 0 Å². The van der Waals surface area contributed by atoms with Gasteiger partial charge >= 0.3 is 0 Å². The molecule has 2 fully saturated rings. The Morgan fingerprint density at radius 1 is 1.06 bits per heavy atom. The Bertz CT molecular complexity index is 222. The van der Waals surface area contributed by atoms with Gasteiger partial charge in [0.1, 0.15) is 0 Å². The zero-order valence-electron chi connectivity index (χ0n) is 11.2. The second-order valence-electron chi connectivity index (χ2n) is 5.80. The van der Waals surface area contributed by atoms with Crippen molar-refractivity contribution in [2.75, 3.05) is 25.9 Å². The van der Waals surface area contributed by atoms with Crippen LogP contribution in [0.25, 0.3) is 0 Å². The SMILES string of the molecule is CSC1CCCN(CC2CCCCC2N)CC1. The molecule has 2 nitrogen and oxygen atoms in total. The molecular weight excluding hydrogens is 228 g/mol. The minimum absolute atomic E-state index is 0.475. The normalized spacial score (nSPS) is 36.7. The van der Waals surface area contributed by atoms with E-state index in [2.05, 4.69) is 22.9 Å². The molecule has 1 saturated carbocycles. The summed E-state index contributed by atoms with van der Waals surface area (Å²) in [6.07, 6.45) is 11.8. The van der Waals surface area contributed by atoms with Crippen LogP contribution >= 0.6 is 11.8 Å². The van der Waals surface area contributed by atoms with Crippen LogP contribution in [0, 0.1) is 5.92 Å². The average Bonchev–Trinajstić information content (AvgIpc) is 2.57. The molecule has 0 aromatic carbocycles. The lowest BCUT2D eigenvalue weighted by molar-refractivity contribution is 0.189. The topological polar surface area (TPSA) is 29.3 Å². The number of hydrogen-bond acceptors (Lipinski definition) is 3. The van der Waals surface area contributed by atoms with Gasteiger partial charge in [0.25, 0.3) is 0 Å². The predicted octanol–water partition coefficient (Wildman–Crippen LogP) is 2.72. The molecule has 0 bridgehead atoms. The molecule has 0 aromatic rings. The Morgan fingerprint density at radius 3 is 2.65 bits per heavy atom. The van der Waals surface area contributed by atoms with E-state index < -0.39 is 0 Å². The summed E-state index contributed by atoms with van der Waals surface area (Å²) in [7, 11) is 0. The van der Waals surface area contributed by atoms with Gasteiger partial charge in [0.2, 0.25) is 0 Å². The van der Waals surface area contributed by atoms with Crippen LogP contribution in [0.15, 0.2) is 0 Å². The van der Waals surface area contributed by atoms with Crippen LogP contribution in [0.5, 0.6) is 0 Å². The fourth-order valence-corrected chi connectivity index (χ4v) is 4.08. The molecule has 0 amide bonds.